The highest BCUT2D eigenvalue weighted by Crippen LogP contribution is 2.49. The van der Waals surface area contributed by atoms with Gasteiger partial charge in [0.05, 0.1) is 117 Å². The summed E-state index contributed by atoms with van der Waals surface area (Å²) in [6, 6.07) is 25.6. The lowest BCUT2D eigenvalue weighted by Gasteiger charge is -2.35. The lowest BCUT2D eigenvalue weighted by atomic mass is 10.0. The molecular weight excluding hydrogens is 1910 g/mol. The summed E-state index contributed by atoms with van der Waals surface area (Å²) in [5, 5.41) is 27.3. The fourth-order valence-corrected chi connectivity index (χ4v) is 17.9. The number of benzene rings is 6. The molecule has 36 nitrogen and oxygen atoms in total. The second-order valence-electron chi connectivity index (χ2n) is 34.2. The minimum atomic E-state index is -0.597. The van der Waals surface area contributed by atoms with Crippen LogP contribution in [0.5, 0.6) is 34.5 Å². The number of nitro benzene ring substituents is 1. The highest BCUT2D eigenvalue weighted by Gasteiger charge is 2.33. The fraction of sp³-hybridized carbons (Fsp3) is 0.392. The number of rotatable bonds is 25. The van der Waals surface area contributed by atoms with Crippen LogP contribution in [0.15, 0.2) is 124 Å². The van der Waals surface area contributed by atoms with E-state index in [2.05, 4.69) is 55.9 Å². The van der Waals surface area contributed by atoms with Crippen molar-refractivity contribution >= 4 is 167 Å². The summed E-state index contributed by atoms with van der Waals surface area (Å²) in [6.45, 7) is 27.0. The number of aromatic nitrogens is 9. The summed E-state index contributed by atoms with van der Waals surface area (Å²) >= 11 is 40.4. The molecule has 15 rings (SSSR count). The SMILES string of the molecule is C.C.C.COc1cc(OC)c(Cl)c(-c2cc3cnc(Nc4c(C)cccc4N)nc3n(CCN3CCN(C(=O)OC(C)(C)C)CC3)c2=O)c1Cl.COc1cc(OC)c(Cl)c(-c2cc3cnc(Nc4c(C)cccc4N)nc3n(CCN3CCNCC3)c2=O)c1Cl.COc1cc(OC)c(Cl)c(-c2cc3cnc(Nc4c(C)cccc4[N+](=O)[O-])nc3n(CCN3CCN(C(=O)OC(C)(C)C)CC3)c2=O)c1Cl. The Hall–Kier alpha value is -12.5. The minimum absolute atomic E-state index is 0. The third-order valence-electron chi connectivity index (χ3n) is 23.0. The molecule has 9 heterocycles. The van der Waals surface area contributed by atoms with Crippen molar-refractivity contribution in [2.24, 2.45) is 0 Å². The van der Waals surface area contributed by atoms with Crippen molar-refractivity contribution in [2.75, 3.05) is 168 Å². The van der Waals surface area contributed by atoms with Crippen LogP contribution in [0.4, 0.5) is 61.6 Å². The number of carbonyl (C=O) groups excluding carboxylic acids is 2. The number of halogens is 6. The van der Waals surface area contributed by atoms with Crippen molar-refractivity contribution in [3.8, 4) is 67.9 Å². The van der Waals surface area contributed by atoms with E-state index in [0.29, 0.717) is 169 Å². The number of para-hydroxylation sites is 3. The molecule has 3 saturated heterocycles. The summed E-state index contributed by atoms with van der Waals surface area (Å²) in [6.07, 6.45) is 4.13. The maximum absolute atomic E-state index is 14.4. The Bertz CT molecular complexity index is 6590. The Morgan fingerprint density at radius 1 is 0.417 bits per heavy atom. The van der Waals surface area contributed by atoms with E-state index in [4.69, 9.17) is 129 Å². The average Bonchev–Trinajstić information content (AvgIpc) is 0.756. The average molecular weight is 2030 g/mol. The Balaban J connectivity index is 0.000000214. The number of nitrogen functional groups attached to an aromatic ring is 2. The topological polar surface area (TPSA) is 411 Å². The van der Waals surface area contributed by atoms with Gasteiger partial charge in [0.1, 0.15) is 68.3 Å². The Kier molecular flexibility index (Phi) is 36.7. The van der Waals surface area contributed by atoms with Gasteiger partial charge < -0.3 is 80.4 Å². The highest BCUT2D eigenvalue weighted by molar-refractivity contribution is 6.42. The first-order chi connectivity index (χ1) is 64.8. The standard InChI is InChI=1S/C33H37Cl2N7O7.C33H39Cl2N7O5.C28H31Cl2N7O3.3CH4/c1-19-8-7-9-22(42(45)46)28(19)37-31-36-18-20-16-21(25-26(34)23(47-5)17-24(48-6)27(25)35)30(43)41(29(20)38-31)15-12-39-10-13-40(14-11-39)32(44)49-33(2,3)4;1-19-8-7-9-22(36)28(19)38-31-37-18-20-16-21(25-26(34)23(45-5)17-24(46-6)27(25)35)30(43)42(29(20)39-31)15-12-40-10-13-41(14-11-40)32(44)47-33(2,3)4;1-16-5-4-6-19(31)25(16)34-28-33-15-17-13-18(22-23(29)20(39-2)14-21(40-3)24(22)30)27(38)37(26(17)35-28)12-11-36-9-7-32-8-10-36;;;/h7-9,16-18H,10-15H2,1-6H3,(H,36,37,38);7-9,16-18H,10-15,36H2,1-6H3,(H,37,38,39);4-6,13-15,32H,7-12,31H2,1-3H3,(H,33,34,35);3*1H4. The van der Waals surface area contributed by atoms with Crippen LogP contribution >= 0.6 is 69.6 Å². The Labute approximate surface area is 836 Å². The Morgan fingerprint density at radius 2 is 0.691 bits per heavy atom. The van der Waals surface area contributed by atoms with Gasteiger partial charge in [-0.3, -0.25) is 52.9 Å². The molecule has 0 aliphatic carbocycles. The number of fused-ring (bicyclic) bond motifs is 3. The maximum atomic E-state index is 14.4. The number of ether oxygens (including phenoxy) is 8. The monoisotopic (exact) mass is 2030 g/mol. The van der Waals surface area contributed by atoms with E-state index in [1.807, 2.05) is 85.7 Å². The largest absolute Gasteiger partial charge is 0.495 e. The van der Waals surface area contributed by atoms with Crippen molar-refractivity contribution in [2.45, 2.75) is 115 Å². The molecule has 12 aromatic rings. The van der Waals surface area contributed by atoms with Crippen molar-refractivity contribution in [3.63, 3.8) is 0 Å². The van der Waals surface area contributed by atoms with E-state index < -0.39 is 21.7 Å². The van der Waals surface area contributed by atoms with Crippen LogP contribution < -0.4 is 77.8 Å². The lowest BCUT2D eigenvalue weighted by molar-refractivity contribution is -0.384. The molecular formula is C97H119Cl6N21O15. The van der Waals surface area contributed by atoms with Gasteiger partial charge in [0, 0.05) is 194 Å². The van der Waals surface area contributed by atoms with Crippen molar-refractivity contribution < 1.29 is 52.4 Å². The quantitative estimate of drug-likeness (QED) is 0.0176. The summed E-state index contributed by atoms with van der Waals surface area (Å²) < 4.78 is 48.5. The number of nitrogens with zero attached hydrogens (tertiary/aromatic N) is 15. The number of nitrogens with one attached hydrogen (secondary N) is 4. The smallest absolute Gasteiger partial charge is 0.410 e. The van der Waals surface area contributed by atoms with Gasteiger partial charge in [-0.2, -0.15) is 15.0 Å². The molecule has 3 aliphatic rings. The van der Waals surface area contributed by atoms with Gasteiger partial charge in [0.15, 0.2) is 0 Å². The predicted molar refractivity (Wildman–Crippen MR) is 554 cm³/mol. The van der Waals surface area contributed by atoms with Gasteiger partial charge in [-0.05, 0) is 109 Å². The molecule has 0 spiro atoms. The molecule has 8 N–H and O–H groups in total. The number of nitrogens with two attached hydrogens (primary N) is 2. The third kappa shape index (κ3) is 24.9. The summed E-state index contributed by atoms with van der Waals surface area (Å²) in [7, 11) is 8.83. The number of nitro groups is 1. The highest BCUT2D eigenvalue weighted by atomic mass is 35.5. The van der Waals surface area contributed by atoms with Crippen LogP contribution in [0, 0.1) is 30.9 Å². The number of aryl methyl sites for hydroxylation is 3. The van der Waals surface area contributed by atoms with Crippen LogP contribution in [-0.2, 0) is 29.1 Å². The third-order valence-corrected chi connectivity index (χ3v) is 25.2. The molecule has 42 heteroatoms. The normalized spacial score (nSPS) is 13.6. The number of hydrogen-bond donors (Lipinski definition) is 6. The Morgan fingerprint density at radius 3 is 0.964 bits per heavy atom. The summed E-state index contributed by atoms with van der Waals surface area (Å²) in [4.78, 5) is 117. The van der Waals surface area contributed by atoms with Gasteiger partial charge in [-0.15, -0.1) is 0 Å². The fourth-order valence-electron chi connectivity index (χ4n) is 15.8. The first kappa shape index (κ1) is 109. The lowest BCUT2D eigenvalue weighted by Crippen LogP contribution is -2.50. The molecule has 0 bridgehead atoms. The number of pyridine rings is 3. The van der Waals surface area contributed by atoms with Crippen molar-refractivity contribution in [1.82, 2.24) is 73.4 Å². The van der Waals surface area contributed by atoms with E-state index in [0.717, 1.165) is 43.0 Å². The zero-order chi connectivity index (χ0) is 98.1. The van der Waals surface area contributed by atoms with Gasteiger partial charge in [-0.25, -0.2) is 24.5 Å². The number of hydrogen-bond acceptors (Lipinski definition) is 30. The van der Waals surface area contributed by atoms with E-state index in [-0.39, 0.29) is 151 Å². The zero-order valence-corrected chi connectivity index (χ0v) is 82.4. The molecule has 139 heavy (non-hydrogen) atoms. The van der Waals surface area contributed by atoms with Crippen molar-refractivity contribution in [3.05, 3.63) is 198 Å². The maximum Gasteiger partial charge on any atom is 0.410 e. The van der Waals surface area contributed by atoms with E-state index in [9.17, 15) is 34.1 Å². The molecule has 6 aromatic carbocycles. The second kappa shape index (κ2) is 47.0. The first-order valence-electron chi connectivity index (χ1n) is 43.5. The molecule has 0 radical (unpaired) electrons. The van der Waals surface area contributed by atoms with Crippen LogP contribution in [0.1, 0.15) is 80.5 Å². The number of anilines is 8. The number of amides is 2. The summed E-state index contributed by atoms with van der Waals surface area (Å²) in [5.41, 5.74) is 18.0. The first-order valence-corrected chi connectivity index (χ1v) is 45.7. The number of methoxy groups -OCH3 is 6. The predicted octanol–water partition coefficient (Wildman–Crippen LogP) is 18.5. The molecule has 3 fully saturated rings. The van der Waals surface area contributed by atoms with Crippen LogP contribution in [0.3, 0.4) is 0 Å². The molecule has 0 unspecified atom stereocenters. The van der Waals surface area contributed by atoms with Crippen LogP contribution in [0.25, 0.3) is 66.5 Å². The van der Waals surface area contributed by atoms with Crippen molar-refractivity contribution in [1.29, 1.82) is 0 Å². The van der Waals surface area contributed by atoms with Gasteiger partial charge in [0.2, 0.25) is 17.8 Å². The van der Waals surface area contributed by atoms with Crippen LogP contribution in [0.2, 0.25) is 30.1 Å². The molecule has 744 valence electrons. The van der Waals surface area contributed by atoms with Crippen LogP contribution in [-0.4, -0.2) is 237 Å². The van der Waals surface area contributed by atoms with Gasteiger partial charge >= 0.3 is 12.2 Å². The van der Waals surface area contributed by atoms with Gasteiger partial charge in [-0.1, -0.05) is 128 Å². The molecule has 0 atom stereocenters. The van der Waals surface area contributed by atoms with E-state index in [1.54, 1.807) is 86.8 Å². The summed E-state index contributed by atoms with van der Waals surface area (Å²) in [5.74, 6) is 2.51. The number of carbonyl (C=O) groups is 2. The molecule has 6 aromatic heterocycles. The molecule has 0 saturated carbocycles. The molecule has 3 aliphatic heterocycles. The van der Waals surface area contributed by atoms with E-state index >= 15 is 0 Å². The zero-order valence-electron chi connectivity index (χ0n) is 77.9. The number of piperazine rings is 3. The minimum Gasteiger partial charge on any atom is -0.495 e. The van der Waals surface area contributed by atoms with E-state index in [1.165, 1.54) is 65.6 Å². The molecule has 2 amide bonds. The second-order valence-corrected chi connectivity index (χ2v) is 36.5. The van der Waals surface area contributed by atoms with Gasteiger partial charge in [0.25, 0.3) is 22.4 Å².